The number of hydrogen-bond donors (Lipinski definition) is 3. The van der Waals surface area contributed by atoms with Crippen molar-refractivity contribution in [3.63, 3.8) is 0 Å². The summed E-state index contributed by atoms with van der Waals surface area (Å²) in [7, 11) is 0. The molecule has 32 heavy (non-hydrogen) atoms. The first-order valence-electron chi connectivity index (χ1n) is 10.8. The molecular weight excluding hydrogens is 435 g/mol. The third kappa shape index (κ3) is 5.49. The van der Waals surface area contributed by atoms with Crippen molar-refractivity contribution in [2.24, 2.45) is 0 Å². The van der Waals surface area contributed by atoms with Crippen LogP contribution in [-0.2, 0) is 4.74 Å². The molecule has 2 aromatic carbocycles. The molecule has 1 atom stereocenters. The van der Waals surface area contributed by atoms with Crippen molar-refractivity contribution in [2.45, 2.75) is 31.8 Å². The van der Waals surface area contributed by atoms with Gasteiger partial charge < -0.3 is 25.6 Å². The maximum Gasteiger partial charge on any atom is 0.323 e. The van der Waals surface area contributed by atoms with Gasteiger partial charge in [-0.15, -0.1) is 0 Å². The Hall–Kier alpha value is -2.84. The largest absolute Gasteiger partial charge is 0.376 e. The number of carbonyl (C=O) groups is 2. The number of hydrogen-bond acceptors (Lipinski definition) is 4. The lowest BCUT2D eigenvalue weighted by Gasteiger charge is -2.22. The van der Waals surface area contributed by atoms with Crippen LogP contribution in [0.2, 0.25) is 5.02 Å². The van der Waals surface area contributed by atoms with Gasteiger partial charge in [0.1, 0.15) is 5.82 Å². The van der Waals surface area contributed by atoms with Gasteiger partial charge in [0.15, 0.2) is 0 Å². The molecule has 170 valence electrons. The molecule has 2 heterocycles. The molecule has 0 bridgehead atoms. The van der Waals surface area contributed by atoms with Gasteiger partial charge in [0.2, 0.25) is 0 Å². The maximum atomic E-state index is 13.3. The summed E-state index contributed by atoms with van der Waals surface area (Å²) in [6.07, 6.45) is 4.16. The van der Waals surface area contributed by atoms with Crippen LogP contribution in [0, 0.1) is 5.82 Å². The Labute approximate surface area is 191 Å². The Kier molecular flexibility index (Phi) is 7.12. The SMILES string of the molecule is O=C(Nc1ccc(F)c(Cl)c1)Nc1ccc(N2CCCC2)c(C(=O)NCC2CCCO2)c1. The van der Waals surface area contributed by atoms with Crippen LogP contribution in [0.15, 0.2) is 36.4 Å². The Balaban J connectivity index is 1.47. The second-order valence-corrected chi connectivity index (χ2v) is 8.39. The minimum atomic E-state index is -0.561. The first-order valence-corrected chi connectivity index (χ1v) is 11.2. The highest BCUT2D eigenvalue weighted by Gasteiger charge is 2.22. The minimum absolute atomic E-state index is 0.0452. The Bertz CT molecular complexity index is 991. The van der Waals surface area contributed by atoms with Crippen LogP contribution < -0.4 is 20.9 Å². The molecular formula is C23H26ClFN4O3. The van der Waals surface area contributed by atoms with Gasteiger partial charge in [-0.3, -0.25) is 4.79 Å². The fourth-order valence-corrected chi connectivity index (χ4v) is 4.18. The highest BCUT2D eigenvalue weighted by Crippen LogP contribution is 2.28. The number of urea groups is 1. The lowest BCUT2D eigenvalue weighted by molar-refractivity contribution is 0.0858. The topological polar surface area (TPSA) is 82.7 Å². The fourth-order valence-electron chi connectivity index (χ4n) is 4.00. The van der Waals surface area contributed by atoms with E-state index in [1.165, 1.54) is 18.2 Å². The van der Waals surface area contributed by atoms with Gasteiger partial charge in [0.05, 0.1) is 16.7 Å². The molecule has 3 N–H and O–H groups in total. The van der Waals surface area contributed by atoms with Crippen LogP contribution in [0.3, 0.4) is 0 Å². The summed E-state index contributed by atoms with van der Waals surface area (Å²) in [6, 6.07) is 8.71. The highest BCUT2D eigenvalue weighted by atomic mass is 35.5. The van der Waals surface area contributed by atoms with Crippen molar-refractivity contribution in [3.8, 4) is 0 Å². The van der Waals surface area contributed by atoms with E-state index >= 15 is 0 Å². The van der Waals surface area contributed by atoms with E-state index in [1.54, 1.807) is 12.1 Å². The van der Waals surface area contributed by atoms with E-state index in [-0.39, 0.29) is 17.0 Å². The number of rotatable bonds is 6. The summed E-state index contributed by atoms with van der Waals surface area (Å²) in [5.74, 6) is -0.759. The van der Waals surface area contributed by atoms with E-state index < -0.39 is 11.8 Å². The van der Waals surface area contributed by atoms with Crippen LogP contribution in [0.1, 0.15) is 36.0 Å². The maximum absolute atomic E-state index is 13.3. The Morgan fingerprint density at radius 2 is 1.78 bits per heavy atom. The molecule has 0 aromatic heterocycles. The normalized spacial score (nSPS) is 17.9. The molecule has 1 unspecified atom stereocenters. The van der Waals surface area contributed by atoms with Crippen LogP contribution >= 0.6 is 11.6 Å². The summed E-state index contributed by atoms with van der Waals surface area (Å²) in [5, 5.41) is 8.22. The van der Waals surface area contributed by atoms with Crippen molar-refractivity contribution in [3.05, 3.63) is 52.8 Å². The van der Waals surface area contributed by atoms with Crippen molar-refractivity contribution in [2.75, 3.05) is 41.8 Å². The van der Waals surface area contributed by atoms with Gasteiger partial charge in [-0.05, 0) is 62.1 Å². The number of carbonyl (C=O) groups excluding carboxylic acids is 2. The van der Waals surface area contributed by atoms with Gasteiger partial charge in [0, 0.05) is 43.3 Å². The third-order valence-electron chi connectivity index (χ3n) is 5.64. The summed E-state index contributed by atoms with van der Waals surface area (Å²) in [5.41, 5.74) is 2.19. The van der Waals surface area contributed by atoms with Gasteiger partial charge in [-0.2, -0.15) is 0 Å². The van der Waals surface area contributed by atoms with E-state index in [0.717, 1.165) is 51.1 Å². The van der Waals surface area contributed by atoms with Crippen molar-refractivity contribution in [1.82, 2.24) is 5.32 Å². The van der Waals surface area contributed by atoms with Gasteiger partial charge >= 0.3 is 6.03 Å². The molecule has 2 aromatic rings. The van der Waals surface area contributed by atoms with Gasteiger partial charge in [-0.1, -0.05) is 11.6 Å². The second-order valence-electron chi connectivity index (χ2n) is 7.98. The predicted octanol–water partition coefficient (Wildman–Crippen LogP) is 4.63. The zero-order valence-electron chi connectivity index (χ0n) is 17.6. The molecule has 0 saturated carbocycles. The van der Waals surface area contributed by atoms with Crippen LogP contribution in [-0.4, -0.2) is 44.3 Å². The number of amides is 3. The van der Waals surface area contributed by atoms with Gasteiger partial charge in [0.25, 0.3) is 5.91 Å². The molecule has 0 spiro atoms. The molecule has 2 aliphatic heterocycles. The lowest BCUT2D eigenvalue weighted by atomic mass is 10.1. The molecule has 0 aliphatic carbocycles. The summed E-state index contributed by atoms with van der Waals surface area (Å²) < 4.78 is 18.9. The van der Waals surface area contributed by atoms with E-state index in [0.29, 0.717) is 23.5 Å². The van der Waals surface area contributed by atoms with E-state index in [4.69, 9.17) is 16.3 Å². The molecule has 2 fully saturated rings. The molecule has 0 radical (unpaired) electrons. The standard InChI is InChI=1S/C23H26ClFN4O3/c24-19-13-16(5-7-20(19)25)28-23(31)27-15-6-8-21(29-9-1-2-10-29)18(12-15)22(30)26-14-17-4-3-11-32-17/h5-8,12-13,17H,1-4,9-11,14H2,(H,26,30)(H2,27,28,31). The van der Waals surface area contributed by atoms with E-state index in [9.17, 15) is 14.0 Å². The molecule has 7 nitrogen and oxygen atoms in total. The monoisotopic (exact) mass is 460 g/mol. The van der Waals surface area contributed by atoms with Crippen LogP contribution in [0.4, 0.5) is 26.2 Å². The fraction of sp³-hybridized carbons (Fsp3) is 0.391. The smallest absolute Gasteiger partial charge is 0.323 e. The van der Waals surface area contributed by atoms with Crippen LogP contribution in [0.25, 0.3) is 0 Å². The average molecular weight is 461 g/mol. The Morgan fingerprint density at radius 1 is 1.06 bits per heavy atom. The van der Waals surface area contributed by atoms with Crippen LogP contribution in [0.5, 0.6) is 0 Å². The predicted molar refractivity (Wildman–Crippen MR) is 123 cm³/mol. The summed E-state index contributed by atoms with van der Waals surface area (Å²) >= 11 is 5.76. The highest BCUT2D eigenvalue weighted by molar-refractivity contribution is 6.31. The minimum Gasteiger partial charge on any atom is -0.376 e. The molecule has 9 heteroatoms. The quantitative estimate of drug-likeness (QED) is 0.586. The number of halogens is 2. The molecule has 2 aliphatic rings. The summed E-state index contributed by atoms with van der Waals surface area (Å²) in [6.45, 7) is 2.98. The number of ether oxygens (including phenoxy) is 1. The summed E-state index contributed by atoms with van der Waals surface area (Å²) in [4.78, 5) is 27.6. The second kappa shape index (κ2) is 10.2. The third-order valence-corrected chi connectivity index (χ3v) is 5.93. The number of anilines is 3. The zero-order valence-corrected chi connectivity index (χ0v) is 18.4. The first-order chi connectivity index (χ1) is 15.5. The lowest BCUT2D eigenvalue weighted by Crippen LogP contribution is -2.33. The average Bonchev–Trinajstić information content (AvgIpc) is 3.49. The molecule has 3 amide bonds. The van der Waals surface area contributed by atoms with Crippen molar-refractivity contribution in [1.29, 1.82) is 0 Å². The number of nitrogens with one attached hydrogen (secondary N) is 3. The van der Waals surface area contributed by atoms with Gasteiger partial charge in [-0.25, -0.2) is 9.18 Å². The zero-order chi connectivity index (χ0) is 22.5. The van der Waals surface area contributed by atoms with E-state index in [2.05, 4.69) is 20.9 Å². The molecule has 4 rings (SSSR count). The van der Waals surface area contributed by atoms with Crippen molar-refractivity contribution < 1.29 is 18.7 Å². The first kappa shape index (κ1) is 22.4. The van der Waals surface area contributed by atoms with Crippen molar-refractivity contribution >= 4 is 40.6 Å². The number of nitrogens with zero attached hydrogens (tertiary/aromatic N) is 1. The van der Waals surface area contributed by atoms with E-state index in [1.807, 2.05) is 6.07 Å². The number of benzene rings is 2. The molecule has 2 saturated heterocycles. The Morgan fingerprint density at radius 3 is 2.47 bits per heavy atom.